The molecular formula is C9H14O3. The minimum absolute atomic E-state index is 0.245. The van der Waals surface area contributed by atoms with E-state index in [4.69, 9.17) is 9.84 Å². The third kappa shape index (κ3) is 3.42. The lowest BCUT2D eigenvalue weighted by Gasteiger charge is -2.20. The van der Waals surface area contributed by atoms with Crippen LogP contribution in [0.1, 0.15) is 32.1 Å². The molecule has 3 heteroatoms. The third-order valence-corrected chi connectivity index (χ3v) is 2.03. The molecule has 0 aromatic carbocycles. The summed E-state index contributed by atoms with van der Waals surface area (Å²) in [5.74, 6) is -0.953. The second kappa shape index (κ2) is 4.80. The van der Waals surface area contributed by atoms with Crippen LogP contribution in [0.25, 0.3) is 0 Å². The predicted octanol–water partition coefficient (Wildman–Crippen LogP) is 1.93. The summed E-state index contributed by atoms with van der Waals surface area (Å²) < 4.78 is 5.23. The van der Waals surface area contributed by atoms with Crippen molar-refractivity contribution in [3.8, 4) is 0 Å². The van der Waals surface area contributed by atoms with Crippen LogP contribution in [0.3, 0.4) is 0 Å². The van der Waals surface area contributed by atoms with Gasteiger partial charge in [0.2, 0.25) is 0 Å². The van der Waals surface area contributed by atoms with Crippen molar-refractivity contribution in [3.05, 3.63) is 12.3 Å². The van der Waals surface area contributed by atoms with Crippen LogP contribution in [0.4, 0.5) is 0 Å². The highest BCUT2D eigenvalue weighted by atomic mass is 16.5. The second-order valence-electron chi connectivity index (χ2n) is 3.04. The molecule has 1 saturated carbocycles. The predicted molar refractivity (Wildman–Crippen MR) is 44.7 cm³/mol. The maximum absolute atomic E-state index is 10.1. The molecule has 0 saturated heterocycles. The fraction of sp³-hybridized carbons (Fsp3) is 0.667. The minimum atomic E-state index is -0.953. The van der Waals surface area contributed by atoms with Crippen molar-refractivity contribution in [2.45, 2.75) is 38.2 Å². The van der Waals surface area contributed by atoms with Gasteiger partial charge in [-0.3, -0.25) is 0 Å². The molecular weight excluding hydrogens is 156 g/mol. The molecule has 0 aliphatic heterocycles. The van der Waals surface area contributed by atoms with Crippen molar-refractivity contribution >= 4 is 5.97 Å². The zero-order chi connectivity index (χ0) is 8.81. The number of hydrogen-bond donors (Lipinski definition) is 1. The topological polar surface area (TPSA) is 46.5 Å². The van der Waals surface area contributed by atoms with Crippen LogP contribution >= 0.6 is 0 Å². The van der Waals surface area contributed by atoms with Crippen LogP contribution in [-0.2, 0) is 9.53 Å². The first-order chi connectivity index (χ1) is 5.79. The molecule has 0 bridgehead atoms. The lowest BCUT2D eigenvalue weighted by atomic mass is 9.98. The van der Waals surface area contributed by atoms with E-state index < -0.39 is 5.97 Å². The fourth-order valence-corrected chi connectivity index (χ4v) is 1.41. The molecule has 1 fully saturated rings. The van der Waals surface area contributed by atoms with Gasteiger partial charge in [-0.15, -0.1) is 0 Å². The van der Waals surface area contributed by atoms with E-state index in [2.05, 4.69) is 0 Å². The molecule has 0 radical (unpaired) electrons. The Morgan fingerprint density at radius 3 is 2.58 bits per heavy atom. The van der Waals surface area contributed by atoms with Gasteiger partial charge in [-0.2, -0.15) is 0 Å². The zero-order valence-electron chi connectivity index (χ0n) is 7.03. The Kier molecular flexibility index (Phi) is 3.64. The molecule has 0 aromatic heterocycles. The van der Waals surface area contributed by atoms with Crippen LogP contribution < -0.4 is 0 Å². The molecule has 1 aliphatic rings. The van der Waals surface area contributed by atoms with Crippen molar-refractivity contribution in [1.29, 1.82) is 0 Å². The Bertz CT molecular complexity index is 169. The molecule has 0 aromatic rings. The van der Waals surface area contributed by atoms with Crippen molar-refractivity contribution in [2.24, 2.45) is 0 Å². The number of carbonyl (C=O) groups is 1. The van der Waals surface area contributed by atoms with Crippen LogP contribution in [0.5, 0.6) is 0 Å². The van der Waals surface area contributed by atoms with Crippen LogP contribution in [0.15, 0.2) is 12.3 Å². The average molecular weight is 170 g/mol. The Morgan fingerprint density at radius 2 is 2.00 bits per heavy atom. The Morgan fingerprint density at radius 1 is 1.33 bits per heavy atom. The van der Waals surface area contributed by atoms with Gasteiger partial charge in [0.1, 0.15) is 0 Å². The third-order valence-electron chi connectivity index (χ3n) is 2.03. The lowest BCUT2D eigenvalue weighted by molar-refractivity contribution is -0.131. The van der Waals surface area contributed by atoms with Crippen LogP contribution in [0, 0.1) is 0 Å². The lowest BCUT2D eigenvalue weighted by Crippen LogP contribution is -2.13. The first-order valence-corrected chi connectivity index (χ1v) is 4.34. The monoisotopic (exact) mass is 170 g/mol. The van der Waals surface area contributed by atoms with Gasteiger partial charge in [0, 0.05) is 0 Å². The highest BCUT2D eigenvalue weighted by Gasteiger charge is 2.12. The van der Waals surface area contributed by atoms with Crippen molar-refractivity contribution < 1.29 is 14.6 Å². The Hall–Kier alpha value is -0.990. The van der Waals surface area contributed by atoms with E-state index >= 15 is 0 Å². The van der Waals surface area contributed by atoms with Gasteiger partial charge in [0.05, 0.1) is 18.4 Å². The normalized spacial score (nSPS) is 19.7. The molecule has 1 rings (SSSR count). The van der Waals surface area contributed by atoms with E-state index in [-0.39, 0.29) is 6.10 Å². The summed E-state index contributed by atoms with van der Waals surface area (Å²) in [5.41, 5.74) is 0. The molecule has 3 nitrogen and oxygen atoms in total. The summed E-state index contributed by atoms with van der Waals surface area (Å²) in [6.07, 6.45) is 8.37. The van der Waals surface area contributed by atoms with Crippen LogP contribution in [0.2, 0.25) is 0 Å². The molecule has 12 heavy (non-hydrogen) atoms. The second-order valence-corrected chi connectivity index (χ2v) is 3.04. The maximum Gasteiger partial charge on any atom is 0.331 e. The smallest absolute Gasteiger partial charge is 0.331 e. The van der Waals surface area contributed by atoms with Gasteiger partial charge in [0.25, 0.3) is 0 Å². The van der Waals surface area contributed by atoms with Crippen molar-refractivity contribution in [1.82, 2.24) is 0 Å². The zero-order valence-corrected chi connectivity index (χ0v) is 7.03. The van der Waals surface area contributed by atoms with E-state index in [0.29, 0.717) is 0 Å². The van der Waals surface area contributed by atoms with E-state index in [0.717, 1.165) is 18.9 Å². The highest BCUT2D eigenvalue weighted by molar-refractivity contribution is 5.79. The van der Waals surface area contributed by atoms with E-state index in [1.807, 2.05) is 0 Å². The first-order valence-electron chi connectivity index (χ1n) is 4.34. The highest BCUT2D eigenvalue weighted by Crippen LogP contribution is 2.20. The van der Waals surface area contributed by atoms with Gasteiger partial charge in [-0.05, 0) is 25.7 Å². The van der Waals surface area contributed by atoms with Gasteiger partial charge >= 0.3 is 5.97 Å². The molecule has 0 unspecified atom stereocenters. The molecule has 0 amide bonds. The van der Waals surface area contributed by atoms with Gasteiger partial charge in [-0.1, -0.05) is 6.42 Å². The summed E-state index contributed by atoms with van der Waals surface area (Å²) in [4.78, 5) is 10.1. The quantitative estimate of drug-likeness (QED) is 0.520. The molecule has 0 heterocycles. The van der Waals surface area contributed by atoms with Crippen LogP contribution in [-0.4, -0.2) is 17.2 Å². The van der Waals surface area contributed by atoms with Crippen molar-refractivity contribution in [3.63, 3.8) is 0 Å². The summed E-state index contributed by atoms with van der Waals surface area (Å²) in [6.45, 7) is 0. The summed E-state index contributed by atoms with van der Waals surface area (Å²) in [7, 11) is 0. The molecule has 1 N–H and O–H groups in total. The van der Waals surface area contributed by atoms with E-state index in [9.17, 15) is 4.79 Å². The number of rotatable bonds is 3. The molecule has 0 atom stereocenters. The Balaban J connectivity index is 2.17. The van der Waals surface area contributed by atoms with E-state index in [1.54, 1.807) is 0 Å². The SMILES string of the molecule is O=C(O)C=COC1CCCCC1. The largest absolute Gasteiger partial charge is 0.498 e. The van der Waals surface area contributed by atoms with Crippen molar-refractivity contribution in [2.75, 3.05) is 0 Å². The summed E-state index contributed by atoms with van der Waals surface area (Å²) >= 11 is 0. The minimum Gasteiger partial charge on any atom is -0.498 e. The average Bonchev–Trinajstić information content (AvgIpc) is 2.05. The number of carboxylic acid groups (broad SMARTS) is 1. The van der Waals surface area contributed by atoms with Gasteiger partial charge < -0.3 is 9.84 Å². The van der Waals surface area contributed by atoms with Gasteiger partial charge in [0.15, 0.2) is 0 Å². The maximum atomic E-state index is 10.1. The standard InChI is InChI=1S/C9H14O3/c10-9(11)6-7-12-8-4-2-1-3-5-8/h6-8H,1-5H2,(H,10,11). The van der Waals surface area contributed by atoms with Gasteiger partial charge in [-0.25, -0.2) is 4.79 Å². The number of ether oxygens (including phenoxy) is 1. The number of aliphatic carboxylic acids is 1. The number of carboxylic acids is 1. The molecule has 1 aliphatic carbocycles. The molecule has 68 valence electrons. The first kappa shape index (κ1) is 9.10. The Labute approximate surface area is 72.0 Å². The molecule has 0 spiro atoms. The number of hydrogen-bond acceptors (Lipinski definition) is 2. The fourth-order valence-electron chi connectivity index (χ4n) is 1.41. The summed E-state index contributed by atoms with van der Waals surface area (Å²) in [6, 6.07) is 0. The summed E-state index contributed by atoms with van der Waals surface area (Å²) in [5, 5.41) is 8.28. The van der Waals surface area contributed by atoms with E-state index in [1.165, 1.54) is 25.5 Å².